The molecule has 1 aromatic rings. The summed E-state index contributed by atoms with van der Waals surface area (Å²) in [5.74, 6) is -1.69. The van der Waals surface area contributed by atoms with Crippen LogP contribution in [-0.4, -0.2) is 28.5 Å². The summed E-state index contributed by atoms with van der Waals surface area (Å²) in [6.45, 7) is -0.238. The minimum absolute atomic E-state index is 0.101. The predicted molar refractivity (Wildman–Crippen MR) is 55.1 cm³/mol. The lowest BCUT2D eigenvalue weighted by atomic mass is 10.2. The van der Waals surface area contributed by atoms with E-state index in [0.717, 1.165) is 0 Å². The molecule has 4 nitrogen and oxygen atoms in total. The average molecular weight is 264 g/mol. The van der Waals surface area contributed by atoms with Crippen LogP contribution >= 0.6 is 0 Å². The van der Waals surface area contributed by atoms with Crippen molar-refractivity contribution >= 4 is 5.97 Å². The Balaban J connectivity index is 2.79. The average Bonchev–Trinajstić information content (AvgIpc) is 2.27. The zero-order valence-electron chi connectivity index (χ0n) is 9.15. The van der Waals surface area contributed by atoms with Gasteiger partial charge in [0.2, 0.25) is 6.10 Å². The Hall–Kier alpha value is -1.76. The smallest absolute Gasteiger partial charge is 0.425 e. The molecule has 0 saturated heterocycles. The maximum atomic E-state index is 12.5. The zero-order chi connectivity index (χ0) is 13.8. The van der Waals surface area contributed by atoms with Crippen molar-refractivity contribution in [3.63, 3.8) is 0 Å². The monoisotopic (exact) mass is 264 g/mol. The maximum absolute atomic E-state index is 12.5. The zero-order valence-corrected chi connectivity index (χ0v) is 9.15. The third-order valence-corrected chi connectivity index (χ3v) is 2.11. The molecule has 7 heteroatoms. The van der Waals surface area contributed by atoms with Crippen molar-refractivity contribution in [2.75, 3.05) is 0 Å². The number of carboxylic acids is 1. The first-order valence-corrected chi connectivity index (χ1v) is 4.98. The number of alkyl halides is 3. The standard InChI is InChI=1S/C11H11F3O4/c12-11(13,14)9(5-10(16)17)18-8-3-1-7(6-15)2-4-8/h1-4,9,15H,5-6H2,(H,16,17). The molecule has 0 fully saturated rings. The van der Waals surface area contributed by atoms with E-state index in [1.165, 1.54) is 24.3 Å². The van der Waals surface area contributed by atoms with Crippen molar-refractivity contribution < 1.29 is 32.9 Å². The van der Waals surface area contributed by atoms with E-state index >= 15 is 0 Å². The normalized spacial score (nSPS) is 13.1. The van der Waals surface area contributed by atoms with Crippen LogP contribution in [0.15, 0.2) is 24.3 Å². The second-order valence-electron chi connectivity index (χ2n) is 3.55. The number of ether oxygens (including phenoxy) is 1. The summed E-state index contributed by atoms with van der Waals surface area (Å²) in [5, 5.41) is 17.2. The van der Waals surface area contributed by atoms with Gasteiger partial charge in [0.15, 0.2) is 0 Å². The molecule has 0 amide bonds. The predicted octanol–water partition coefficient (Wildman–Crippen LogP) is 1.96. The van der Waals surface area contributed by atoms with Crippen LogP contribution in [0.25, 0.3) is 0 Å². The van der Waals surface area contributed by atoms with Gasteiger partial charge in [-0.1, -0.05) is 12.1 Å². The number of carboxylic acid groups (broad SMARTS) is 1. The van der Waals surface area contributed by atoms with E-state index in [4.69, 9.17) is 10.2 Å². The van der Waals surface area contributed by atoms with E-state index in [2.05, 4.69) is 4.74 Å². The van der Waals surface area contributed by atoms with Gasteiger partial charge in [0.05, 0.1) is 13.0 Å². The molecule has 0 spiro atoms. The van der Waals surface area contributed by atoms with Crippen LogP contribution in [0.1, 0.15) is 12.0 Å². The molecular formula is C11H11F3O4. The number of hydrogen-bond acceptors (Lipinski definition) is 3. The molecule has 1 unspecified atom stereocenters. The Morgan fingerprint density at radius 2 is 1.83 bits per heavy atom. The molecule has 0 saturated carbocycles. The summed E-state index contributed by atoms with van der Waals surface area (Å²) in [6.07, 6.45) is -8.31. The lowest BCUT2D eigenvalue weighted by Gasteiger charge is -2.20. The van der Waals surface area contributed by atoms with E-state index in [9.17, 15) is 18.0 Å². The molecule has 0 heterocycles. The molecule has 1 rings (SSSR count). The Kier molecular flexibility index (Phi) is 4.55. The number of aliphatic hydroxyl groups is 1. The minimum atomic E-state index is -4.76. The van der Waals surface area contributed by atoms with Crippen LogP contribution in [0.2, 0.25) is 0 Å². The van der Waals surface area contributed by atoms with Crippen molar-refractivity contribution in [1.82, 2.24) is 0 Å². The highest BCUT2D eigenvalue weighted by Gasteiger charge is 2.43. The lowest BCUT2D eigenvalue weighted by molar-refractivity contribution is -0.200. The fraction of sp³-hybridized carbons (Fsp3) is 0.364. The largest absolute Gasteiger partial charge is 0.481 e. The van der Waals surface area contributed by atoms with Crippen LogP contribution in [0.4, 0.5) is 13.2 Å². The van der Waals surface area contributed by atoms with Gasteiger partial charge in [0, 0.05) is 0 Å². The van der Waals surface area contributed by atoms with Gasteiger partial charge in [0.1, 0.15) is 5.75 Å². The van der Waals surface area contributed by atoms with Gasteiger partial charge >= 0.3 is 12.1 Å². The fourth-order valence-electron chi connectivity index (χ4n) is 1.22. The summed E-state index contributed by atoms with van der Waals surface area (Å²) in [4.78, 5) is 10.3. The van der Waals surface area contributed by atoms with E-state index in [0.29, 0.717) is 5.56 Å². The van der Waals surface area contributed by atoms with Crippen molar-refractivity contribution in [1.29, 1.82) is 0 Å². The number of rotatable bonds is 5. The van der Waals surface area contributed by atoms with Crippen LogP contribution < -0.4 is 4.74 Å². The van der Waals surface area contributed by atoms with E-state index < -0.39 is 24.7 Å². The minimum Gasteiger partial charge on any atom is -0.481 e. The molecule has 0 aliphatic carbocycles. The van der Waals surface area contributed by atoms with Gasteiger partial charge in [-0.15, -0.1) is 0 Å². The first kappa shape index (κ1) is 14.3. The van der Waals surface area contributed by atoms with Crippen molar-refractivity contribution in [2.45, 2.75) is 25.3 Å². The summed E-state index contributed by atoms with van der Waals surface area (Å²) in [6, 6.07) is 5.27. The maximum Gasteiger partial charge on any atom is 0.425 e. The van der Waals surface area contributed by atoms with Gasteiger partial charge in [-0.25, -0.2) is 0 Å². The molecule has 1 atom stereocenters. The second-order valence-corrected chi connectivity index (χ2v) is 3.55. The van der Waals surface area contributed by atoms with E-state index in [1.54, 1.807) is 0 Å². The van der Waals surface area contributed by atoms with Crippen LogP contribution in [0, 0.1) is 0 Å². The number of hydrogen-bond donors (Lipinski definition) is 2. The highest BCUT2D eigenvalue weighted by atomic mass is 19.4. The molecule has 100 valence electrons. The third-order valence-electron chi connectivity index (χ3n) is 2.11. The molecule has 0 aliphatic heterocycles. The third kappa shape index (κ3) is 4.25. The summed E-state index contributed by atoms with van der Waals surface area (Å²) < 4.78 is 42.1. The van der Waals surface area contributed by atoms with Crippen molar-refractivity contribution in [3.05, 3.63) is 29.8 Å². The quantitative estimate of drug-likeness (QED) is 0.853. The molecule has 0 radical (unpaired) electrons. The number of aliphatic carboxylic acids is 1. The lowest BCUT2D eigenvalue weighted by Crippen LogP contribution is -2.36. The summed E-state index contributed by atoms with van der Waals surface area (Å²) in [5.41, 5.74) is 0.518. The Bertz CT molecular complexity index is 400. The van der Waals surface area contributed by atoms with Crippen LogP contribution in [0.5, 0.6) is 5.75 Å². The topological polar surface area (TPSA) is 66.8 Å². The summed E-state index contributed by atoms with van der Waals surface area (Å²) >= 11 is 0. The van der Waals surface area contributed by atoms with Crippen molar-refractivity contribution in [3.8, 4) is 5.75 Å². The van der Waals surface area contributed by atoms with Gasteiger partial charge < -0.3 is 14.9 Å². The molecule has 1 aromatic carbocycles. The van der Waals surface area contributed by atoms with Crippen LogP contribution in [0.3, 0.4) is 0 Å². The van der Waals surface area contributed by atoms with E-state index in [1.807, 2.05) is 0 Å². The van der Waals surface area contributed by atoms with Gasteiger partial charge in [-0.3, -0.25) is 4.79 Å². The highest BCUT2D eigenvalue weighted by molar-refractivity contribution is 5.67. The SMILES string of the molecule is O=C(O)CC(Oc1ccc(CO)cc1)C(F)(F)F. The van der Waals surface area contributed by atoms with Gasteiger partial charge in [-0.05, 0) is 17.7 Å². The highest BCUT2D eigenvalue weighted by Crippen LogP contribution is 2.27. The Morgan fingerprint density at radius 3 is 2.22 bits per heavy atom. The molecule has 18 heavy (non-hydrogen) atoms. The van der Waals surface area contributed by atoms with E-state index in [-0.39, 0.29) is 12.4 Å². The number of halogens is 3. The first-order chi connectivity index (χ1) is 8.32. The van der Waals surface area contributed by atoms with Crippen molar-refractivity contribution in [2.24, 2.45) is 0 Å². The molecule has 2 N–H and O–H groups in total. The van der Waals surface area contributed by atoms with Gasteiger partial charge in [0.25, 0.3) is 0 Å². The van der Waals surface area contributed by atoms with Crippen LogP contribution in [-0.2, 0) is 11.4 Å². The summed E-state index contributed by atoms with van der Waals surface area (Å²) in [7, 11) is 0. The molecule has 0 aromatic heterocycles. The molecular weight excluding hydrogens is 253 g/mol. The fourth-order valence-corrected chi connectivity index (χ4v) is 1.22. The number of benzene rings is 1. The Morgan fingerprint density at radius 1 is 1.28 bits per heavy atom. The molecule has 0 aliphatic rings. The number of carbonyl (C=O) groups is 1. The Labute approximate surface area is 101 Å². The second kappa shape index (κ2) is 5.72. The molecule has 0 bridgehead atoms. The number of aliphatic hydroxyl groups excluding tert-OH is 1. The first-order valence-electron chi connectivity index (χ1n) is 4.98. The van der Waals surface area contributed by atoms with Gasteiger partial charge in [-0.2, -0.15) is 13.2 Å².